The lowest BCUT2D eigenvalue weighted by Crippen LogP contribution is -2.17. The van der Waals surface area contributed by atoms with Crippen molar-refractivity contribution in [2.75, 3.05) is 0 Å². The largest absolute Gasteiger partial charge is 0.298 e. The van der Waals surface area contributed by atoms with Gasteiger partial charge in [0.1, 0.15) is 11.7 Å². The molecule has 0 radical (unpaired) electrons. The molecule has 2 rings (SSSR count). The molecule has 0 bridgehead atoms. The number of ketones is 1. The standard InChI is InChI=1S/C16H18FNO/c17-14-8-6-13(7-9-14)15(11-18)16(19)10-12-4-2-1-3-5-12/h6-9,12,15H,1-5,10H2. The molecule has 0 heterocycles. The number of nitriles is 1. The molecule has 100 valence electrons. The summed E-state index contributed by atoms with van der Waals surface area (Å²) in [4.78, 5) is 12.2. The number of hydrogen-bond acceptors (Lipinski definition) is 2. The number of carbonyl (C=O) groups excluding carboxylic acids is 1. The Morgan fingerprint density at radius 3 is 2.47 bits per heavy atom. The zero-order chi connectivity index (χ0) is 13.7. The van der Waals surface area contributed by atoms with Crippen molar-refractivity contribution < 1.29 is 9.18 Å². The molecule has 0 amide bonds. The van der Waals surface area contributed by atoms with Gasteiger partial charge in [-0.3, -0.25) is 4.79 Å². The van der Waals surface area contributed by atoms with Crippen LogP contribution in [0.3, 0.4) is 0 Å². The Kier molecular flexibility index (Phi) is 4.68. The Bertz CT molecular complexity index is 469. The number of hydrogen-bond donors (Lipinski definition) is 0. The SMILES string of the molecule is N#CC(C(=O)CC1CCCCC1)c1ccc(F)cc1. The minimum atomic E-state index is -0.748. The van der Waals surface area contributed by atoms with Crippen LogP contribution in [0.4, 0.5) is 4.39 Å². The molecule has 1 saturated carbocycles. The third-order valence-electron chi connectivity index (χ3n) is 3.87. The number of halogens is 1. The number of benzene rings is 1. The second kappa shape index (κ2) is 6.47. The quantitative estimate of drug-likeness (QED) is 0.820. The van der Waals surface area contributed by atoms with Crippen LogP contribution in [0.15, 0.2) is 24.3 Å². The lowest BCUT2D eigenvalue weighted by Gasteiger charge is -2.21. The van der Waals surface area contributed by atoms with E-state index in [1.54, 1.807) is 0 Å². The van der Waals surface area contributed by atoms with Gasteiger partial charge >= 0.3 is 0 Å². The summed E-state index contributed by atoms with van der Waals surface area (Å²) < 4.78 is 12.9. The molecule has 0 saturated heterocycles. The second-order valence-corrected chi connectivity index (χ2v) is 5.29. The molecule has 1 aliphatic rings. The summed E-state index contributed by atoms with van der Waals surface area (Å²) in [6.07, 6.45) is 6.29. The topological polar surface area (TPSA) is 40.9 Å². The Hall–Kier alpha value is -1.69. The summed E-state index contributed by atoms with van der Waals surface area (Å²) >= 11 is 0. The van der Waals surface area contributed by atoms with E-state index in [-0.39, 0.29) is 11.6 Å². The van der Waals surface area contributed by atoms with E-state index < -0.39 is 5.92 Å². The maximum absolute atomic E-state index is 12.9. The highest BCUT2D eigenvalue weighted by Crippen LogP contribution is 2.29. The van der Waals surface area contributed by atoms with Crippen LogP contribution in [0.5, 0.6) is 0 Å². The van der Waals surface area contributed by atoms with Crippen LogP contribution >= 0.6 is 0 Å². The number of carbonyl (C=O) groups is 1. The highest BCUT2D eigenvalue weighted by Gasteiger charge is 2.24. The Balaban J connectivity index is 2.02. The molecule has 1 aromatic carbocycles. The van der Waals surface area contributed by atoms with Crippen LogP contribution in [-0.4, -0.2) is 5.78 Å². The van der Waals surface area contributed by atoms with E-state index in [1.165, 1.54) is 43.5 Å². The molecule has 0 spiro atoms. The first-order valence-electron chi connectivity index (χ1n) is 6.88. The fraction of sp³-hybridized carbons (Fsp3) is 0.500. The zero-order valence-corrected chi connectivity index (χ0v) is 10.9. The molecule has 1 aliphatic carbocycles. The van der Waals surface area contributed by atoms with Crippen molar-refractivity contribution >= 4 is 5.78 Å². The van der Waals surface area contributed by atoms with Gasteiger partial charge in [0, 0.05) is 6.42 Å². The Morgan fingerprint density at radius 1 is 1.26 bits per heavy atom. The lowest BCUT2D eigenvalue weighted by atomic mass is 9.82. The van der Waals surface area contributed by atoms with Crippen LogP contribution < -0.4 is 0 Å². The van der Waals surface area contributed by atoms with Crippen LogP contribution in [0.2, 0.25) is 0 Å². The molecule has 0 aliphatic heterocycles. The van der Waals surface area contributed by atoms with Crippen molar-refractivity contribution in [1.82, 2.24) is 0 Å². The molecule has 3 heteroatoms. The van der Waals surface area contributed by atoms with Crippen molar-refractivity contribution in [1.29, 1.82) is 5.26 Å². The first-order valence-corrected chi connectivity index (χ1v) is 6.88. The Labute approximate surface area is 113 Å². The summed E-state index contributed by atoms with van der Waals surface area (Å²) in [7, 11) is 0. The van der Waals surface area contributed by atoms with Crippen LogP contribution in [-0.2, 0) is 4.79 Å². The molecular formula is C16H18FNO. The molecule has 2 nitrogen and oxygen atoms in total. The van der Waals surface area contributed by atoms with Gasteiger partial charge in [0.15, 0.2) is 5.78 Å². The van der Waals surface area contributed by atoms with Crippen molar-refractivity contribution in [2.24, 2.45) is 5.92 Å². The average Bonchev–Trinajstić information content (AvgIpc) is 2.43. The molecule has 0 N–H and O–H groups in total. The third-order valence-corrected chi connectivity index (χ3v) is 3.87. The van der Waals surface area contributed by atoms with Gasteiger partial charge in [-0.15, -0.1) is 0 Å². The minimum Gasteiger partial charge on any atom is -0.298 e. The van der Waals surface area contributed by atoms with Gasteiger partial charge in [0.25, 0.3) is 0 Å². The lowest BCUT2D eigenvalue weighted by molar-refractivity contribution is -0.120. The van der Waals surface area contributed by atoms with E-state index in [4.69, 9.17) is 0 Å². The van der Waals surface area contributed by atoms with Crippen molar-refractivity contribution in [3.8, 4) is 6.07 Å². The second-order valence-electron chi connectivity index (χ2n) is 5.29. The molecular weight excluding hydrogens is 241 g/mol. The highest BCUT2D eigenvalue weighted by molar-refractivity contribution is 5.88. The maximum Gasteiger partial charge on any atom is 0.154 e. The fourth-order valence-corrected chi connectivity index (χ4v) is 2.78. The summed E-state index contributed by atoms with van der Waals surface area (Å²) in [5, 5.41) is 9.18. The van der Waals surface area contributed by atoms with Crippen LogP contribution in [0.25, 0.3) is 0 Å². The van der Waals surface area contributed by atoms with Gasteiger partial charge in [-0.2, -0.15) is 5.26 Å². The number of nitrogens with zero attached hydrogens (tertiary/aromatic N) is 1. The van der Waals surface area contributed by atoms with E-state index in [9.17, 15) is 14.4 Å². The van der Waals surface area contributed by atoms with Gasteiger partial charge in [0.2, 0.25) is 0 Å². The number of Topliss-reactive ketones (excluding diaryl/α,β-unsaturated/α-hetero) is 1. The van der Waals surface area contributed by atoms with Gasteiger partial charge in [0.05, 0.1) is 6.07 Å². The zero-order valence-electron chi connectivity index (χ0n) is 10.9. The van der Waals surface area contributed by atoms with E-state index in [1.807, 2.05) is 0 Å². The van der Waals surface area contributed by atoms with E-state index in [0.717, 1.165) is 12.8 Å². The summed E-state index contributed by atoms with van der Waals surface area (Å²) in [5.41, 5.74) is 0.602. The first-order chi connectivity index (χ1) is 9.20. The molecule has 0 aromatic heterocycles. The number of rotatable bonds is 4. The van der Waals surface area contributed by atoms with Crippen molar-refractivity contribution in [2.45, 2.75) is 44.4 Å². The van der Waals surface area contributed by atoms with E-state index in [2.05, 4.69) is 6.07 Å². The molecule has 1 atom stereocenters. The van der Waals surface area contributed by atoms with Crippen LogP contribution in [0.1, 0.15) is 50.0 Å². The fourth-order valence-electron chi connectivity index (χ4n) is 2.78. The van der Waals surface area contributed by atoms with Gasteiger partial charge in [-0.25, -0.2) is 4.39 Å². The molecule has 1 aromatic rings. The summed E-state index contributed by atoms with van der Waals surface area (Å²) in [5.74, 6) is -0.693. The highest BCUT2D eigenvalue weighted by atomic mass is 19.1. The van der Waals surface area contributed by atoms with Crippen molar-refractivity contribution in [3.63, 3.8) is 0 Å². The molecule has 1 fully saturated rings. The predicted octanol–water partition coefficient (Wildman–Crippen LogP) is 3.97. The van der Waals surface area contributed by atoms with Gasteiger partial charge < -0.3 is 0 Å². The Morgan fingerprint density at radius 2 is 1.89 bits per heavy atom. The smallest absolute Gasteiger partial charge is 0.154 e. The minimum absolute atomic E-state index is 0.0268. The van der Waals surface area contributed by atoms with Crippen molar-refractivity contribution in [3.05, 3.63) is 35.6 Å². The summed E-state index contributed by atoms with van der Waals surface area (Å²) in [6, 6.07) is 7.71. The van der Waals surface area contributed by atoms with Gasteiger partial charge in [-0.05, 0) is 23.6 Å². The normalized spacial score (nSPS) is 17.7. The summed E-state index contributed by atoms with van der Waals surface area (Å²) in [6.45, 7) is 0. The first kappa shape index (κ1) is 13.7. The predicted molar refractivity (Wildman–Crippen MR) is 71.0 cm³/mol. The third kappa shape index (κ3) is 3.64. The molecule has 19 heavy (non-hydrogen) atoms. The van der Waals surface area contributed by atoms with E-state index >= 15 is 0 Å². The average molecular weight is 259 g/mol. The van der Waals surface area contributed by atoms with Gasteiger partial charge in [-0.1, -0.05) is 44.2 Å². The molecule has 1 unspecified atom stereocenters. The maximum atomic E-state index is 12.9. The van der Waals surface area contributed by atoms with Crippen LogP contribution in [0, 0.1) is 23.1 Å². The van der Waals surface area contributed by atoms with E-state index in [0.29, 0.717) is 17.9 Å². The monoisotopic (exact) mass is 259 g/mol.